The molecule has 0 radical (unpaired) electrons. The second-order valence-corrected chi connectivity index (χ2v) is 5.77. The number of nitro groups is 1. The molecule has 0 saturated carbocycles. The average molecular weight is 356 g/mol. The number of nitro benzene ring substituents is 1. The molecule has 0 spiro atoms. The van der Waals surface area contributed by atoms with Crippen molar-refractivity contribution in [3.8, 4) is 6.07 Å². The Labute approximate surface area is 149 Å². The van der Waals surface area contributed by atoms with Gasteiger partial charge >= 0.3 is 0 Å². The number of carbonyl (C=O) groups excluding carboxylic acids is 1. The molecule has 0 atom stereocenters. The largest absolute Gasteiger partial charge is 0.321 e. The SMILES string of the molecule is Cc1cccc(C)c1NC(=O)/C(C#N)=C/c1ccc(Cl)c([N+](=O)[O-])c1. The van der Waals surface area contributed by atoms with Crippen molar-refractivity contribution >= 4 is 35.0 Å². The number of aryl methyl sites for hydroxylation is 2. The standard InChI is InChI=1S/C18H14ClN3O3/c1-11-4-3-5-12(2)17(11)21-18(23)14(10-20)8-13-6-7-15(19)16(9-13)22(24)25/h3-9H,1-2H3,(H,21,23)/b14-8+. The fourth-order valence-corrected chi connectivity index (χ4v) is 2.45. The quantitative estimate of drug-likeness (QED) is 0.380. The summed E-state index contributed by atoms with van der Waals surface area (Å²) >= 11 is 5.76. The van der Waals surface area contributed by atoms with Gasteiger partial charge in [-0.05, 0) is 42.7 Å². The third-order valence-electron chi connectivity index (χ3n) is 3.56. The summed E-state index contributed by atoms with van der Waals surface area (Å²) in [6.07, 6.45) is 1.28. The Balaban J connectivity index is 2.35. The van der Waals surface area contributed by atoms with Crippen LogP contribution in [0.25, 0.3) is 6.08 Å². The van der Waals surface area contributed by atoms with Crippen LogP contribution in [0.2, 0.25) is 5.02 Å². The predicted octanol–water partition coefficient (Wildman–Crippen LogP) is 4.41. The van der Waals surface area contributed by atoms with Crippen molar-refractivity contribution in [3.63, 3.8) is 0 Å². The van der Waals surface area contributed by atoms with Crippen LogP contribution in [-0.2, 0) is 4.79 Å². The van der Waals surface area contributed by atoms with E-state index in [4.69, 9.17) is 11.6 Å². The van der Waals surface area contributed by atoms with Gasteiger partial charge in [-0.3, -0.25) is 14.9 Å². The lowest BCUT2D eigenvalue weighted by Gasteiger charge is -2.10. The van der Waals surface area contributed by atoms with E-state index in [-0.39, 0.29) is 16.3 Å². The number of hydrogen-bond acceptors (Lipinski definition) is 4. The van der Waals surface area contributed by atoms with Gasteiger partial charge in [-0.15, -0.1) is 0 Å². The number of rotatable bonds is 4. The smallest absolute Gasteiger partial charge is 0.288 e. The van der Waals surface area contributed by atoms with E-state index in [0.717, 1.165) is 11.1 Å². The molecule has 0 aliphatic carbocycles. The molecule has 25 heavy (non-hydrogen) atoms. The molecule has 2 rings (SSSR count). The number of carbonyl (C=O) groups is 1. The highest BCUT2D eigenvalue weighted by atomic mass is 35.5. The van der Waals surface area contributed by atoms with Gasteiger partial charge < -0.3 is 5.32 Å². The van der Waals surface area contributed by atoms with Gasteiger partial charge in [-0.25, -0.2) is 0 Å². The van der Waals surface area contributed by atoms with Crippen LogP contribution >= 0.6 is 11.6 Å². The second-order valence-electron chi connectivity index (χ2n) is 5.36. The summed E-state index contributed by atoms with van der Waals surface area (Å²) in [7, 11) is 0. The number of amides is 1. The Bertz CT molecular complexity index is 909. The summed E-state index contributed by atoms with van der Waals surface area (Å²) < 4.78 is 0. The van der Waals surface area contributed by atoms with Crippen LogP contribution in [0.3, 0.4) is 0 Å². The first kappa shape index (κ1) is 18.2. The zero-order chi connectivity index (χ0) is 18.6. The van der Waals surface area contributed by atoms with Gasteiger partial charge in [0.15, 0.2) is 0 Å². The van der Waals surface area contributed by atoms with Crippen LogP contribution in [0.5, 0.6) is 0 Å². The molecular formula is C18H14ClN3O3. The molecule has 0 aliphatic rings. The highest BCUT2D eigenvalue weighted by molar-refractivity contribution is 6.32. The first-order valence-electron chi connectivity index (χ1n) is 7.26. The third kappa shape index (κ3) is 4.22. The maximum Gasteiger partial charge on any atom is 0.288 e. The third-order valence-corrected chi connectivity index (χ3v) is 3.88. The lowest BCUT2D eigenvalue weighted by atomic mass is 10.1. The fraction of sp³-hybridized carbons (Fsp3) is 0.111. The van der Waals surface area contributed by atoms with E-state index < -0.39 is 10.8 Å². The lowest BCUT2D eigenvalue weighted by Crippen LogP contribution is -2.15. The number of hydrogen-bond donors (Lipinski definition) is 1. The summed E-state index contributed by atoms with van der Waals surface area (Å²) in [6.45, 7) is 3.70. The van der Waals surface area contributed by atoms with Crippen molar-refractivity contribution < 1.29 is 9.72 Å². The van der Waals surface area contributed by atoms with Crippen molar-refractivity contribution in [2.45, 2.75) is 13.8 Å². The van der Waals surface area contributed by atoms with Crippen LogP contribution in [-0.4, -0.2) is 10.8 Å². The molecule has 0 fully saturated rings. The summed E-state index contributed by atoms with van der Waals surface area (Å²) in [5, 5.41) is 22.9. The van der Waals surface area contributed by atoms with E-state index in [0.29, 0.717) is 11.3 Å². The van der Waals surface area contributed by atoms with E-state index in [2.05, 4.69) is 5.32 Å². The molecule has 1 amide bonds. The zero-order valence-corrected chi connectivity index (χ0v) is 14.3. The summed E-state index contributed by atoms with van der Waals surface area (Å²) in [6, 6.07) is 11.4. The maximum atomic E-state index is 12.4. The molecule has 6 nitrogen and oxygen atoms in total. The number of para-hydroxylation sites is 1. The molecule has 2 aromatic carbocycles. The van der Waals surface area contributed by atoms with Crippen LogP contribution in [0.15, 0.2) is 42.0 Å². The minimum Gasteiger partial charge on any atom is -0.321 e. The number of nitriles is 1. The van der Waals surface area contributed by atoms with E-state index >= 15 is 0 Å². The summed E-state index contributed by atoms with van der Waals surface area (Å²) in [5.74, 6) is -0.586. The summed E-state index contributed by atoms with van der Waals surface area (Å²) in [4.78, 5) is 22.7. The highest BCUT2D eigenvalue weighted by Crippen LogP contribution is 2.26. The van der Waals surface area contributed by atoms with Crippen LogP contribution in [0.1, 0.15) is 16.7 Å². The minimum atomic E-state index is -0.623. The Kier molecular flexibility index (Phi) is 5.52. The summed E-state index contributed by atoms with van der Waals surface area (Å²) in [5.41, 5.74) is 2.25. The van der Waals surface area contributed by atoms with E-state index in [1.165, 1.54) is 24.3 Å². The monoisotopic (exact) mass is 355 g/mol. The van der Waals surface area contributed by atoms with Crippen LogP contribution in [0.4, 0.5) is 11.4 Å². The minimum absolute atomic E-state index is 0.0133. The fourth-order valence-electron chi connectivity index (χ4n) is 2.27. The van der Waals surface area contributed by atoms with Gasteiger partial charge in [0.05, 0.1) is 4.92 Å². The van der Waals surface area contributed by atoms with Crippen molar-refractivity contribution in [2.24, 2.45) is 0 Å². The number of halogens is 1. The van der Waals surface area contributed by atoms with Gasteiger partial charge in [0.2, 0.25) is 0 Å². The van der Waals surface area contributed by atoms with Gasteiger partial charge in [-0.2, -0.15) is 5.26 Å². The van der Waals surface area contributed by atoms with Crippen LogP contribution < -0.4 is 5.32 Å². The lowest BCUT2D eigenvalue weighted by molar-refractivity contribution is -0.384. The van der Waals surface area contributed by atoms with E-state index in [9.17, 15) is 20.2 Å². The first-order chi connectivity index (χ1) is 11.8. The number of anilines is 1. The molecule has 1 N–H and O–H groups in total. The Morgan fingerprint density at radius 3 is 2.48 bits per heavy atom. The van der Waals surface area contributed by atoms with Crippen LogP contribution in [0, 0.1) is 35.3 Å². The second kappa shape index (κ2) is 7.60. The van der Waals surface area contributed by atoms with Gasteiger partial charge in [0, 0.05) is 11.8 Å². The molecule has 0 heterocycles. The molecule has 7 heteroatoms. The molecule has 0 unspecified atom stereocenters. The Hall–Kier alpha value is -3.17. The van der Waals surface area contributed by atoms with Gasteiger partial charge in [0.25, 0.3) is 11.6 Å². The van der Waals surface area contributed by atoms with Gasteiger partial charge in [-0.1, -0.05) is 35.9 Å². The first-order valence-corrected chi connectivity index (χ1v) is 7.64. The molecule has 0 aliphatic heterocycles. The number of nitrogens with one attached hydrogen (secondary N) is 1. The average Bonchev–Trinajstić information content (AvgIpc) is 2.57. The van der Waals surface area contributed by atoms with Crippen molar-refractivity contribution in [1.29, 1.82) is 5.26 Å². The van der Waals surface area contributed by atoms with E-state index in [1.54, 1.807) is 0 Å². The van der Waals surface area contributed by atoms with Crippen molar-refractivity contribution in [1.82, 2.24) is 0 Å². The molecule has 0 aromatic heterocycles. The highest BCUT2D eigenvalue weighted by Gasteiger charge is 2.15. The van der Waals surface area contributed by atoms with E-state index in [1.807, 2.05) is 38.1 Å². The number of benzene rings is 2. The molecule has 0 saturated heterocycles. The predicted molar refractivity (Wildman–Crippen MR) is 96.2 cm³/mol. The molecule has 0 bridgehead atoms. The van der Waals surface area contributed by atoms with Crippen molar-refractivity contribution in [3.05, 3.63) is 73.8 Å². The Morgan fingerprint density at radius 1 is 1.28 bits per heavy atom. The zero-order valence-electron chi connectivity index (χ0n) is 13.5. The van der Waals surface area contributed by atoms with Gasteiger partial charge in [0.1, 0.15) is 16.7 Å². The Morgan fingerprint density at radius 2 is 1.92 bits per heavy atom. The normalized spacial score (nSPS) is 10.9. The molecular weight excluding hydrogens is 342 g/mol. The maximum absolute atomic E-state index is 12.4. The molecule has 2 aromatic rings. The molecule has 126 valence electrons. The number of nitrogens with zero attached hydrogens (tertiary/aromatic N) is 2. The topological polar surface area (TPSA) is 96.0 Å². The van der Waals surface area contributed by atoms with Crippen molar-refractivity contribution in [2.75, 3.05) is 5.32 Å².